The zero-order valence-corrected chi connectivity index (χ0v) is 13.3. The van der Waals surface area contributed by atoms with Gasteiger partial charge in [0.15, 0.2) is 0 Å². The molecule has 1 aromatic rings. The van der Waals surface area contributed by atoms with E-state index in [0.717, 1.165) is 18.6 Å². The van der Waals surface area contributed by atoms with E-state index in [2.05, 4.69) is 42.9 Å². The van der Waals surface area contributed by atoms with Crippen LogP contribution in [-0.4, -0.2) is 46.0 Å². The third-order valence-corrected chi connectivity index (χ3v) is 5.43. The third-order valence-electron chi connectivity index (χ3n) is 4.58. The van der Waals surface area contributed by atoms with Crippen molar-refractivity contribution in [3.05, 3.63) is 16.1 Å². The molecule has 0 aromatic carbocycles. The number of hydrogen-bond donors (Lipinski definition) is 0. The Morgan fingerprint density at radius 2 is 1.95 bits per heavy atom. The minimum Gasteiger partial charge on any atom is -0.298 e. The SMILES string of the molecule is CC(C)c1csc(CN2C3CC2CN(C(C)C)C3)n1. The highest BCUT2D eigenvalue weighted by molar-refractivity contribution is 7.09. The molecule has 3 heterocycles. The fourth-order valence-electron chi connectivity index (χ4n) is 3.22. The molecule has 2 aliphatic rings. The predicted molar refractivity (Wildman–Crippen MR) is 80.6 cm³/mol. The highest BCUT2D eigenvalue weighted by Crippen LogP contribution is 2.35. The zero-order valence-electron chi connectivity index (χ0n) is 12.5. The van der Waals surface area contributed by atoms with Crippen LogP contribution in [-0.2, 0) is 6.54 Å². The van der Waals surface area contributed by atoms with Crippen LogP contribution < -0.4 is 0 Å². The number of hydrogen-bond acceptors (Lipinski definition) is 4. The van der Waals surface area contributed by atoms with Gasteiger partial charge in [-0.15, -0.1) is 11.3 Å². The van der Waals surface area contributed by atoms with E-state index >= 15 is 0 Å². The van der Waals surface area contributed by atoms with Gasteiger partial charge in [0.2, 0.25) is 0 Å². The maximum Gasteiger partial charge on any atom is 0.107 e. The highest BCUT2D eigenvalue weighted by Gasteiger charge is 2.44. The van der Waals surface area contributed by atoms with Crippen LogP contribution in [0.3, 0.4) is 0 Å². The van der Waals surface area contributed by atoms with Crippen molar-refractivity contribution < 1.29 is 0 Å². The van der Waals surface area contributed by atoms with Crippen LogP contribution in [0.25, 0.3) is 0 Å². The minimum absolute atomic E-state index is 0.553. The van der Waals surface area contributed by atoms with Crippen LogP contribution in [0.15, 0.2) is 5.38 Å². The first-order valence-corrected chi connectivity index (χ1v) is 8.36. The van der Waals surface area contributed by atoms with Crippen molar-refractivity contribution in [1.29, 1.82) is 0 Å². The van der Waals surface area contributed by atoms with E-state index in [1.807, 2.05) is 11.3 Å². The van der Waals surface area contributed by atoms with Crippen molar-refractivity contribution in [3.8, 4) is 0 Å². The molecule has 0 N–H and O–H groups in total. The summed E-state index contributed by atoms with van der Waals surface area (Å²) in [5.74, 6) is 0.553. The molecule has 106 valence electrons. The number of rotatable bonds is 4. The summed E-state index contributed by atoms with van der Waals surface area (Å²) in [5.41, 5.74) is 1.26. The molecule has 0 spiro atoms. The topological polar surface area (TPSA) is 19.4 Å². The third kappa shape index (κ3) is 2.58. The molecule has 0 saturated carbocycles. The molecule has 2 atom stereocenters. The first-order chi connectivity index (χ1) is 9.04. The van der Waals surface area contributed by atoms with E-state index in [1.54, 1.807) is 0 Å². The molecule has 0 aliphatic carbocycles. The Bertz CT molecular complexity index is 428. The molecule has 2 unspecified atom stereocenters. The van der Waals surface area contributed by atoms with Crippen molar-refractivity contribution >= 4 is 11.3 Å². The van der Waals surface area contributed by atoms with Crippen molar-refractivity contribution in [2.45, 2.75) is 64.7 Å². The molecular formula is C15H25N3S. The van der Waals surface area contributed by atoms with Crippen LogP contribution in [0.4, 0.5) is 0 Å². The van der Waals surface area contributed by atoms with Gasteiger partial charge in [0, 0.05) is 36.6 Å². The van der Waals surface area contributed by atoms with Crippen LogP contribution in [0.1, 0.15) is 50.7 Å². The Hall–Kier alpha value is -0.450. The summed E-state index contributed by atoms with van der Waals surface area (Å²) in [6.45, 7) is 12.6. The summed E-state index contributed by atoms with van der Waals surface area (Å²) in [6, 6.07) is 2.24. The van der Waals surface area contributed by atoms with Crippen LogP contribution in [0.2, 0.25) is 0 Å². The lowest BCUT2D eigenvalue weighted by Crippen LogP contribution is -2.68. The standard InChI is InChI=1S/C15H25N3S/c1-10(2)14-9-19-15(16-14)8-18-12-5-13(18)7-17(6-12)11(3)4/h9-13H,5-8H2,1-4H3. The Kier molecular flexibility index (Phi) is 3.67. The Morgan fingerprint density at radius 1 is 1.26 bits per heavy atom. The molecule has 3 nitrogen and oxygen atoms in total. The van der Waals surface area contributed by atoms with E-state index in [4.69, 9.17) is 4.98 Å². The van der Waals surface area contributed by atoms with E-state index in [-0.39, 0.29) is 0 Å². The smallest absolute Gasteiger partial charge is 0.107 e. The number of nitrogens with zero attached hydrogens (tertiary/aromatic N) is 3. The van der Waals surface area contributed by atoms with E-state index in [1.165, 1.54) is 30.2 Å². The molecule has 3 rings (SSSR count). The van der Waals surface area contributed by atoms with Gasteiger partial charge >= 0.3 is 0 Å². The maximum atomic E-state index is 4.78. The van der Waals surface area contributed by atoms with Gasteiger partial charge in [0.05, 0.1) is 12.2 Å². The van der Waals surface area contributed by atoms with Crippen LogP contribution in [0, 0.1) is 0 Å². The quantitative estimate of drug-likeness (QED) is 0.845. The van der Waals surface area contributed by atoms with E-state index in [9.17, 15) is 0 Å². The number of piperidine rings is 1. The summed E-state index contributed by atoms with van der Waals surface area (Å²) in [5, 5.41) is 3.53. The van der Waals surface area contributed by atoms with Gasteiger partial charge in [0.1, 0.15) is 5.01 Å². The van der Waals surface area contributed by atoms with Crippen molar-refractivity contribution in [1.82, 2.24) is 14.8 Å². The summed E-state index contributed by atoms with van der Waals surface area (Å²) < 4.78 is 0. The molecule has 0 radical (unpaired) electrons. The largest absolute Gasteiger partial charge is 0.298 e. The Morgan fingerprint density at radius 3 is 2.47 bits per heavy atom. The van der Waals surface area contributed by atoms with Gasteiger partial charge in [-0.3, -0.25) is 9.80 Å². The first kappa shape index (κ1) is 13.5. The van der Waals surface area contributed by atoms with Gasteiger partial charge in [-0.1, -0.05) is 13.8 Å². The molecular weight excluding hydrogens is 254 g/mol. The number of fused-ring (bicyclic) bond motifs is 2. The van der Waals surface area contributed by atoms with Gasteiger partial charge in [0.25, 0.3) is 0 Å². The van der Waals surface area contributed by atoms with Crippen molar-refractivity contribution in [3.63, 3.8) is 0 Å². The normalized spacial score (nSPS) is 28.1. The first-order valence-electron chi connectivity index (χ1n) is 7.48. The molecule has 1 aromatic heterocycles. The number of thiazole rings is 1. The molecule has 0 amide bonds. The average Bonchev–Trinajstić information content (AvgIpc) is 2.84. The molecule has 19 heavy (non-hydrogen) atoms. The zero-order chi connectivity index (χ0) is 13.6. The summed E-state index contributed by atoms with van der Waals surface area (Å²) in [4.78, 5) is 10.1. The lowest BCUT2D eigenvalue weighted by molar-refractivity contribution is -0.0835. The summed E-state index contributed by atoms with van der Waals surface area (Å²) in [6.07, 6.45) is 1.39. The monoisotopic (exact) mass is 279 g/mol. The lowest BCUT2D eigenvalue weighted by Gasteiger charge is -2.57. The fraction of sp³-hybridized carbons (Fsp3) is 0.800. The molecule has 2 aliphatic heterocycles. The predicted octanol–water partition coefficient (Wildman–Crippen LogP) is 2.93. The second-order valence-corrected chi connectivity index (χ2v) is 7.53. The van der Waals surface area contributed by atoms with Gasteiger partial charge in [-0.25, -0.2) is 4.98 Å². The Balaban J connectivity index is 1.60. The maximum absolute atomic E-state index is 4.78. The molecule has 2 fully saturated rings. The molecule has 2 saturated heterocycles. The van der Waals surface area contributed by atoms with Crippen molar-refractivity contribution in [2.24, 2.45) is 0 Å². The summed E-state index contributed by atoms with van der Waals surface area (Å²) >= 11 is 1.83. The molecule has 2 bridgehead atoms. The average molecular weight is 279 g/mol. The van der Waals surface area contributed by atoms with Crippen molar-refractivity contribution in [2.75, 3.05) is 13.1 Å². The van der Waals surface area contributed by atoms with Gasteiger partial charge < -0.3 is 0 Å². The van der Waals surface area contributed by atoms with Gasteiger partial charge in [-0.05, 0) is 26.2 Å². The molecule has 4 heteroatoms. The number of likely N-dealkylation sites (tertiary alicyclic amines) is 2. The minimum atomic E-state index is 0.553. The Labute approximate surface area is 120 Å². The number of aromatic nitrogens is 1. The lowest BCUT2D eigenvalue weighted by atomic mass is 9.87. The summed E-state index contributed by atoms with van der Waals surface area (Å²) in [7, 11) is 0. The fourth-order valence-corrected chi connectivity index (χ4v) is 4.18. The highest BCUT2D eigenvalue weighted by atomic mass is 32.1. The number of piperazine rings is 1. The second kappa shape index (κ2) is 5.15. The second-order valence-electron chi connectivity index (χ2n) is 6.58. The van der Waals surface area contributed by atoms with Gasteiger partial charge in [-0.2, -0.15) is 0 Å². The van der Waals surface area contributed by atoms with Crippen LogP contribution >= 0.6 is 11.3 Å². The van der Waals surface area contributed by atoms with E-state index < -0.39 is 0 Å². The van der Waals surface area contributed by atoms with Crippen LogP contribution in [0.5, 0.6) is 0 Å². The van der Waals surface area contributed by atoms with E-state index in [0.29, 0.717) is 12.0 Å².